The van der Waals surface area contributed by atoms with Crippen LogP contribution in [0, 0.1) is 10.1 Å². The maximum absolute atomic E-state index is 11.0. The van der Waals surface area contributed by atoms with Crippen LogP contribution in [0.15, 0.2) is 23.0 Å². The fourth-order valence-electron chi connectivity index (χ4n) is 1.78. The number of nitrogens with one attached hydrogen (secondary N) is 2. The molecule has 0 saturated carbocycles. The summed E-state index contributed by atoms with van der Waals surface area (Å²) in [6.07, 6.45) is 1.98. The number of thiophene rings is 1. The van der Waals surface area contributed by atoms with E-state index in [4.69, 9.17) is 0 Å². The Kier molecular flexibility index (Phi) is 4.46. The van der Waals surface area contributed by atoms with Gasteiger partial charge in [0.05, 0.1) is 4.92 Å². The number of anilines is 2. The number of rotatable bonds is 6. The van der Waals surface area contributed by atoms with Crippen molar-refractivity contribution in [3.63, 3.8) is 0 Å². The second kappa shape index (κ2) is 6.29. The normalized spacial score (nSPS) is 11.9. The molecular weight excluding hydrogens is 278 g/mol. The molecule has 2 aromatic rings. The molecule has 0 bridgehead atoms. The highest BCUT2D eigenvalue weighted by atomic mass is 32.1. The van der Waals surface area contributed by atoms with Gasteiger partial charge in [-0.25, -0.2) is 4.98 Å². The summed E-state index contributed by atoms with van der Waals surface area (Å²) in [5.74, 6) is 0.581. The van der Waals surface area contributed by atoms with E-state index >= 15 is 0 Å². The van der Waals surface area contributed by atoms with Crippen LogP contribution in [0.3, 0.4) is 0 Å². The molecule has 0 spiro atoms. The van der Waals surface area contributed by atoms with E-state index in [0.717, 1.165) is 6.42 Å². The molecule has 2 N–H and O–H groups in total. The van der Waals surface area contributed by atoms with Crippen LogP contribution < -0.4 is 10.6 Å². The van der Waals surface area contributed by atoms with E-state index in [1.807, 2.05) is 18.4 Å². The SMILES string of the molecule is CNc1ncc([N+](=O)[O-])c(NC(C)Cc2ccsc2)n1. The van der Waals surface area contributed by atoms with Gasteiger partial charge in [0, 0.05) is 13.1 Å². The van der Waals surface area contributed by atoms with Crippen LogP contribution in [-0.4, -0.2) is 28.0 Å². The van der Waals surface area contributed by atoms with Gasteiger partial charge in [-0.05, 0) is 35.7 Å². The predicted octanol–water partition coefficient (Wildman–Crippen LogP) is 2.53. The number of nitrogens with zero attached hydrogens (tertiary/aromatic N) is 3. The number of hydrogen-bond acceptors (Lipinski definition) is 7. The van der Waals surface area contributed by atoms with Crippen molar-refractivity contribution < 1.29 is 4.92 Å². The lowest BCUT2D eigenvalue weighted by molar-refractivity contribution is -0.384. The van der Waals surface area contributed by atoms with Gasteiger partial charge in [0.2, 0.25) is 11.8 Å². The molecule has 0 fully saturated rings. The van der Waals surface area contributed by atoms with Gasteiger partial charge in [0.25, 0.3) is 0 Å². The molecule has 2 aromatic heterocycles. The zero-order valence-electron chi connectivity index (χ0n) is 11.2. The number of aromatic nitrogens is 2. The topological polar surface area (TPSA) is 93.0 Å². The third-order valence-corrected chi connectivity index (χ3v) is 3.43. The van der Waals surface area contributed by atoms with Gasteiger partial charge in [0.1, 0.15) is 6.20 Å². The molecule has 2 heterocycles. The van der Waals surface area contributed by atoms with Gasteiger partial charge in [0.15, 0.2) is 0 Å². The molecule has 0 aromatic carbocycles. The van der Waals surface area contributed by atoms with E-state index in [1.165, 1.54) is 11.8 Å². The summed E-state index contributed by atoms with van der Waals surface area (Å²) in [5.41, 5.74) is 1.07. The van der Waals surface area contributed by atoms with E-state index < -0.39 is 4.92 Å². The van der Waals surface area contributed by atoms with Gasteiger partial charge in [-0.2, -0.15) is 16.3 Å². The summed E-state index contributed by atoms with van der Waals surface area (Å²) in [5, 5.41) is 20.9. The lowest BCUT2D eigenvalue weighted by Gasteiger charge is -2.14. The zero-order chi connectivity index (χ0) is 14.5. The molecule has 20 heavy (non-hydrogen) atoms. The first-order valence-corrected chi connectivity index (χ1v) is 7.01. The van der Waals surface area contributed by atoms with Crippen LogP contribution >= 0.6 is 11.3 Å². The molecule has 0 radical (unpaired) electrons. The Bertz CT molecular complexity index is 588. The summed E-state index contributed by atoms with van der Waals surface area (Å²) in [7, 11) is 1.67. The van der Waals surface area contributed by atoms with Crippen LogP contribution in [0.25, 0.3) is 0 Å². The third kappa shape index (κ3) is 3.41. The minimum atomic E-state index is -0.487. The minimum absolute atomic E-state index is 0.0305. The molecule has 0 aliphatic carbocycles. The second-order valence-electron chi connectivity index (χ2n) is 4.32. The van der Waals surface area contributed by atoms with Crippen LogP contribution in [0.2, 0.25) is 0 Å². The lowest BCUT2D eigenvalue weighted by atomic mass is 10.1. The predicted molar refractivity (Wildman–Crippen MR) is 79.3 cm³/mol. The van der Waals surface area contributed by atoms with Gasteiger partial charge < -0.3 is 10.6 Å². The molecule has 106 valence electrons. The molecule has 2 rings (SSSR count). The summed E-state index contributed by atoms with van der Waals surface area (Å²) >= 11 is 1.63. The fourth-order valence-corrected chi connectivity index (χ4v) is 2.46. The Hall–Kier alpha value is -2.22. The standard InChI is InChI=1S/C12H15N5O2S/c1-8(5-9-3-4-20-7-9)15-11-10(17(18)19)6-14-12(13-2)16-11/h3-4,6-8H,5H2,1-2H3,(H2,13,14,15,16). The van der Waals surface area contributed by atoms with Crippen LogP contribution in [-0.2, 0) is 6.42 Å². The molecule has 8 heteroatoms. The van der Waals surface area contributed by atoms with E-state index in [1.54, 1.807) is 18.4 Å². The fraction of sp³-hybridized carbons (Fsp3) is 0.333. The zero-order valence-corrected chi connectivity index (χ0v) is 12.0. The van der Waals surface area contributed by atoms with E-state index in [9.17, 15) is 10.1 Å². The monoisotopic (exact) mass is 293 g/mol. The molecular formula is C12H15N5O2S. The highest BCUT2D eigenvalue weighted by Crippen LogP contribution is 2.23. The van der Waals surface area contributed by atoms with Gasteiger partial charge in [-0.3, -0.25) is 10.1 Å². The Morgan fingerprint density at radius 1 is 1.55 bits per heavy atom. The summed E-state index contributed by atoms with van der Waals surface area (Å²) in [6, 6.07) is 2.07. The Morgan fingerprint density at radius 2 is 2.35 bits per heavy atom. The highest BCUT2D eigenvalue weighted by Gasteiger charge is 2.18. The average molecular weight is 293 g/mol. The van der Waals surface area contributed by atoms with E-state index in [-0.39, 0.29) is 17.5 Å². The molecule has 0 amide bonds. The Balaban J connectivity index is 2.16. The van der Waals surface area contributed by atoms with E-state index in [2.05, 4.69) is 26.0 Å². The summed E-state index contributed by atoms with van der Waals surface area (Å²) in [4.78, 5) is 18.5. The average Bonchev–Trinajstić information content (AvgIpc) is 2.90. The molecule has 0 aliphatic rings. The first-order valence-electron chi connectivity index (χ1n) is 6.07. The van der Waals surface area contributed by atoms with Crippen molar-refractivity contribution in [1.82, 2.24) is 9.97 Å². The quantitative estimate of drug-likeness (QED) is 0.628. The minimum Gasteiger partial charge on any atom is -0.361 e. The van der Waals surface area contributed by atoms with Crippen LogP contribution in [0.4, 0.5) is 17.5 Å². The van der Waals surface area contributed by atoms with Gasteiger partial charge >= 0.3 is 5.69 Å². The van der Waals surface area contributed by atoms with Crippen LogP contribution in [0.1, 0.15) is 12.5 Å². The van der Waals surface area contributed by atoms with E-state index in [0.29, 0.717) is 5.95 Å². The Morgan fingerprint density at radius 3 is 2.95 bits per heavy atom. The molecule has 0 aliphatic heterocycles. The first kappa shape index (κ1) is 14.2. The van der Waals surface area contributed by atoms with Crippen molar-refractivity contribution in [3.8, 4) is 0 Å². The van der Waals surface area contributed by atoms with Gasteiger partial charge in [-0.1, -0.05) is 0 Å². The number of hydrogen-bond donors (Lipinski definition) is 2. The maximum Gasteiger partial charge on any atom is 0.329 e. The maximum atomic E-state index is 11.0. The van der Waals surface area contributed by atoms with Gasteiger partial charge in [-0.15, -0.1) is 0 Å². The van der Waals surface area contributed by atoms with Crippen molar-refractivity contribution in [3.05, 3.63) is 38.7 Å². The van der Waals surface area contributed by atoms with Crippen molar-refractivity contribution in [2.75, 3.05) is 17.7 Å². The second-order valence-corrected chi connectivity index (χ2v) is 5.10. The summed E-state index contributed by atoms with van der Waals surface area (Å²) < 4.78 is 0. The Labute approximate surface area is 120 Å². The number of nitro groups is 1. The van der Waals surface area contributed by atoms with Crippen molar-refractivity contribution in [2.45, 2.75) is 19.4 Å². The third-order valence-electron chi connectivity index (χ3n) is 2.69. The highest BCUT2D eigenvalue weighted by molar-refractivity contribution is 7.07. The van der Waals surface area contributed by atoms with Crippen molar-refractivity contribution in [1.29, 1.82) is 0 Å². The summed E-state index contributed by atoms with van der Waals surface area (Å²) in [6.45, 7) is 1.96. The van der Waals surface area contributed by atoms with Crippen molar-refractivity contribution in [2.24, 2.45) is 0 Å². The molecule has 1 atom stereocenters. The largest absolute Gasteiger partial charge is 0.361 e. The molecule has 0 saturated heterocycles. The molecule has 7 nitrogen and oxygen atoms in total. The van der Waals surface area contributed by atoms with Crippen molar-refractivity contribution >= 4 is 28.8 Å². The smallest absolute Gasteiger partial charge is 0.329 e. The first-order chi connectivity index (χ1) is 9.60. The molecule has 1 unspecified atom stereocenters. The lowest BCUT2D eigenvalue weighted by Crippen LogP contribution is -2.20. The van der Waals surface area contributed by atoms with Crippen LogP contribution in [0.5, 0.6) is 0 Å².